The van der Waals surface area contributed by atoms with Gasteiger partial charge < -0.3 is 16.0 Å². The largest absolute Gasteiger partial charge is 0.383 e. The normalized spacial score (nSPS) is 15.6. The maximum atomic E-state index is 13.2. The highest BCUT2D eigenvalue weighted by Gasteiger charge is 2.30. The molecule has 0 radical (unpaired) electrons. The highest BCUT2D eigenvalue weighted by molar-refractivity contribution is 7.99. The third-order valence-corrected chi connectivity index (χ3v) is 5.10. The van der Waals surface area contributed by atoms with Crippen LogP contribution in [0.15, 0.2) is 41.5 Å². The minimum absolute atomic E-state index is 0.00886. The summed E-state index contributed by atoms with van der Waals surface area (Å²) in [5.41, 5.74) is 5.89. The summed E-state index contributed by atoms with van der Waals surface area (Å²) in [6, 6.07) is 8.32. The molecule has 25 heavy (non-hydrogen) atoms. The van der Waals surface area contributed by atoms with E-state index in [1.54, 1.807) is 4.90 Å². The molecule has 1 unspecified atom stereocenters. The lowest BCUT2D eigenvalue weighted by atomic mass is 10.0. The van der Waals surface area contributed by atoms with Gasteiger partial charge in [-0.1, -0.05) is 30.3 Å². The van der Waals surface area contributed by atoms with Crippen LogP contribution in [0.2, 0.25) is 0 Å². The van der Waals surface area contributed by atoms with Crippen LogP contribution in [0, 0.1) is 5.41 Å². The second kappa shape index (κ2) is 7.52. The van der Waals surface area contributed by atoms with E-state index in [-0.39, 0.29) is 17.3 Å². The summed E-state index contributed by atoms with van der Waals surface area (Å²) in [4.78, 5) is 31.7. The molecule has 1 aromatic carbocycles. The van der Waals surface area contributed by atoms with Crippen molar-refractivity contribution in [2.75, 3.05) is 30.3 Å². The van der Waals surface area contributed by atoms with E-state index in [1.807, 2.05) is 42.1 Å². The van der Waals surface area contributed by atoms with E-state index in [4.69, 9.17) is 11.1 Å². The number of rotatable bonds is 4. The molecule has 3 rings (SSSR count). The van der Waals surface area contributed by atoms with Gasteiger partial charge in [0, 0.05) is 30.8 Å². The van der Waals surface area contributed by atoms with E-state index < -0.39 is 11.6 Å². The van der Waals surface area contributed by atoms with Crippen LogP contribution in [0.4, 0.5) is 5.82 Å². The standard InChI is InChI=1S/C17H19N5O2S/c18-10-13-15(19)20-11-22(16(13)23)14(12-4-2-1-3-5-12)17(24)21-6-8-25-9-7-21/h1-5,10-11,14,18H,6-9,19H2. The lowest BCUT2D eigenvalue weighted by Gasteiger charge is -2.31. The summed E-state index contributed by atoms with van der Waals surface area (Å²) in [5, 5.41) is 7.41. The molecule has 8 heteroatoms. The van der Waals surface area contributed by atoms with Crippen molar-refractivity contribution < 1.29 is 4.79 Å². The molecule has 0 bridgehead atoms. The highest BCUT2D eigenvalue weighted by atomic mass is 32.2. The van der Waals surface area contributed by atoms with Gasteiger partial charge in [-0.05, 0) is 5.56 Å². The Bertz CT molecular complexity index is 831. The average molecular weight is 357 g/mol. The maximum absolute atomic E-state index is 13.2. The van der Waals surface area contributed by atoms with Gasteiger partial charge in [-0.25, -0.2) is 4.98 Å². The molecule has 0 spiro atoms. The van der Waals surface area contributed by atoms with Crippen LogP contribution >= 0.6 is 11.8 Å². The van der Waals surface area contributed by atoms with E-state index >= 15 is 0 Å². The van der Waals surface area contributed by atoms with Crippen LogP contribution in [-0.2, 0) is 4.79 Å². The van der Waals surface area contributed by atoms with Crippen LogP contribution in [0.3, 0.4) is 0 Å². The molecule has 3 N–H and O–H groups in total. The first kappa shape index (κ1) is 17.2. The molecular weight excluding hydrogens is 338 g/mol. The zero-order valence-corrected chi connectivity index (χ0v) is 14.4. The summed E-state index contributed by atoms with van der Waals surface area (Å²) in [7, 11) is 0. The Labute approximate surface area is 149 Å². The molecule has 2 aromatic rings. The lowest BCUT2D eigenvalue weighted by Crippen LogP contribution is -2.45. The topological polar surface area (TPSA) is 105 Å². The van der Waals surface area contributed by atoms with Crippen molar-refractivity contribution in [1.29, 1.82) is 5.41 Å². The Morgan fingerprint density at radius 3 is 2.60 bits per heavy atom. The van der Waals surface area contributed by atoms with Gasteiger partial charge in [0.2, 0.25) is 0 Å². The molecule has 0 saturated carbocycles. The first-order valence-corrected chi connectivity index (χ1v) is 9.07. The summed E-state index contributed by atoms with van der Waals surface area (Å²) in [5.74, 6) is 1.61. The number of benzene rings is 1. The zero-order chi connectivity index (χ0) is 17.8. The quantitative estimate of drug-likeness (QED) is 0.794. The van der Waals surface area contributed by atoms with Gasteiger partial charge in [-0.2, -0.15) is 11.8 Å². The number of nitrogen functional groups attached to an aromatic ring is 1. The smallest absolute Gasteiger partial charge is 0.265 e. The first-order valence-electron chi connectivity index (χ1n) is 7.92. The Morgan fingerprint density at radius 2 is 1.96 bits per heavy atom. The fraction of sp³-hybridized carbons (Fsp3) is 0.294. The minimum Gasteiger partial charge on any atom is -0.383 e. The molecule has 1 aliphatic rings. The molecule has 1 aromatic heterocycles. The first-order chi connectivity index (χ1) is 12.1. The van der Waals surface area contributed by atoms with Gasteiger partial charge in [-0.15, -0.1) is 0 Å². The van der Waals surface area contributed by atoms with Gasteiger partial charge in [0.05, 0.1) is 5.56 Å². The van der Waals surface area contributed by atoms with E-state index in [1.165, 1.54) is 10.9 Å². The minimum atomic E-state index is -0.816. The fourth-order valence-corrected chi connectivity index (χ4v) is 3.73. The number of nitrogens with two attached hydrogens (primary N) is 1. The fourth-order valence-electron chi connectivity index (χ4n) is 2.83. The Balaban J connectivity index is 2.11. The highest BCUT2D eigenvalue weighted by Crippen LogP contribution is 2.22. The maximum Gasteiger partial charge on any atom is 0.265 e. The van der Waals surface area contributed by atoms with Crippen molar-refractivity contribution in [2.24, 2.45) is 0 Å². The van der Waals surface area contributed by atoms with Crippen LogP contribution in [0.5, 0.6) is 0 Å². The average Bonchev–Trinajstić information content (AvgIpc) is 2.65. The Kier molecular flexibility index (Phi) is 5.18. The summed E-state index contributed by atoms with van der Waals surface area (Å²) >= 11 is 1.81. The number of thioether (sulfide) groups is 1. The molecule has 7 nitrogen and oxygen atoms in total. The monoisotopic (exact) mass is 357 g/mol. The molecule has 0 aliphatic carbocycles. The van der Waals surface area contributed by atoms with Gasteiger partial charge in [0.25, 0.3) is 11.5 Å². The van der Waals surface area contributed by atoms with Gasteiger partial charge in [-0.3, -0.25) is 14.2 Å². The summed E-state index contributed by atoms with van der Waals surface area (Å²) in [6.07, 6.45) is 2.17. The number of carbonyl (C=O) groups is 1. The van der Waals surface area contributed by atoms with Crippen molar-refractivity contribution >= 4 is 29.7 Å². The van der Waals surface area contributed by atoms with Gasteiger partial charge in [0.1, 0.15) is 18.2 Å². The number of hydrogen-bond donors (Lipinski definition) is 2. The van der Waals surface area contributed by atoms with Gasteiger partial charge >= 0.3 is 0 Å². The van der Waals surface area contributed by atoms with Crippen molar-refractivity contribution in [3.05, 3.63) is 58.1 Å². The number of nitrogens with one attached hydrogen (secondary N) is 1. The number of amides is 1. The zero-order valence-electron chi connectivity index (χ0n) is 13.6. The molecule has 2 heterocycles. The van der Waals surface area contributed by atoms with E-state index in [0.29, 0.717) is 18.7 Å². The third kappa shape index (κ3) is 3.43. The summed E-state index contributed by atoms with van der Waals surface area (Å²) < 4.78 is 1.27. The van der Waals surface area contributed by atoms with E-state index in [9.17, 15) is 9.59 Å². The predicted octanol–water partition coefficient (Wildman–Crippen LogP) is 0.988. The van der Waals surface area contributed by atoms with Crippen molar-refractivity contribution in [3.63, 3.8) is 0 Å². The number of nitrogens with zero attached hydrogens (tertiary/aromatic N) is 3. The van der Waals surface area contributed by atoms with Crippen LogP contribution < -0.4 is 11.3 Å². The van der Waals surface area contributed by atoms with E-state index in [0.717, 1.165) is 17.7 Å². The number of anilines is 1. The van der Waals surface area contributed by atoms with Crippen molar-refractivity contribution in [3.8, 4) is 0 Å². The molecular formula is C17H19N5O2S. The molecule has 1 atom stereocenters. The van der Waals surface area contributed by atoms with Crippen LogP contribution in [0.1, 0.15) is 17.2 Å². The summed E-state index contributed by atoms with van der Waals surface area (Å²) in [6.45, 7) is 1.31. The third-order valence-electron chi connectivity index (χ3n) is 4.16. The second-order valence-electron chi connectivity index (χ2n) is 5.65. The van der Waals surface area contributed by atoms with Crippen LogP contribution in [0.25, 0.3) is 0 Å². The lowest BCUT2D eigenvalue weighted by molar-refractivity contribution is -0.133. The number of aromatic nitrogens is 2. The number of hydrogen-bond acceptors (Lipinski definition) is 6. The Morgan fingerprint density at radius 1 is 1.28 bits per heavy atom. The molecule has 1 aliphatic heterocycles. The Hall–Kier alpha value is -2.61. The van der Waals surface area contributed by atoms with Crippen molar-refractivity contribution in [2.45, 2.75) is 6.04 Å². The van der Waals surface area contributed by atoms with Gasteiger partial charge in [0.15, 0.2) is 0 Å². The predicted molar refractivity (Wildman–Crippen MR) is 99.3 cm³/mol. The second-order valence-corrected chi connectivity index (χ2v) is 6.88. The van der Waals surface area contributed by atoms with E-state index in [2.05, 4.69) is 4.98 Å². The molecule has 1 amide bonds. The molecule has 1 fully saturated rings. The molecule has 130 valence electrons. The van der Waals surface area contributed by atoms with Crippen LogP contribution in [-0.4, -0.2) is 51.2 Å². The van der Waals surface area contributed by atoms with Crippen molar-refractivity contribution in [1.82, 2.24) is 14.5 Å². The number of carbonyl (C=O) groups excluding carboxylic acids is 1. The molecule has 1 saturated heterocycles. The SMILES string of the molecule is N=Cc1c(N)ncn(C(C(=O)N2CCSCC2)c2ccccc2)c1=O.